The Hall–Kier alpha value is -0.590. The molecule has 0 bridgehead atoms. The lowest BCUT2D eigenvalue weighted by Gasteiger charge is -2.19. The fraction of sp³-hybridized carbons (Fsp3) is 0.571. The summed E-state index contributed by atoms with van der Waals surface area (Å²) in [6, 6.07) is 3.22. The van der Waals surface area contributed by atoms with E-state index in [0.29, 0.717) is 15.1 Å². The molecule has 0 radical (unpaired) electrons. The minimum atomic E-state index is -3.32. The number of rotatable bonds is 5. The molecule has 0 unspecified atom stereocenters. The third kappa shape index (κ3) is 4.75. The molecule has 1 aromatic rings. The quantitative estimate of drug-likeness (QED) is 0.749. The highest BCUT2D eigenvalue weighted by Crippen LogP contribution is 2.33. The fourth-order valence-corrected chi connectivity index (χ4v) is 4.62. The molecule has 6 heteroatoms. The van der Waals surface area contributed by atoms with E-state index in [1.807, 2.05) is 27.7 Å². The van der Waals surface area contributed by atoms with Gasteiger partial charge in [0, 0.05) is 7.11 Å². The second-order valence-corrected chi connectivity index (χ2v) is 8.77. The molecule has 0 fully saturated rings. The van der Waals surface area contributed by atoms with Gasteiger partial charge in [-0.15, -0.1) is 0 Å². The Balaban J connectivity index is 3.17. The van der Waals surface area contributed by atoms with Gasteiger partial charge in [0.25, 0.3) is 0 Å². The number of ether oxygens (including phenoxy) is 2. The Bertz CT molecular complexity index is 550. The molecule has 0 aliphatic carbocycles. The highest BCUT2D eigenvalue weighted by atomic mass is 79.9. The monoisotopic (exact) mass is 364 g/mol. The van der Waals surface area contributed by atoms with Crippen molar-refractivity contribution >= 4 is 25.8 Å². The maximum atomic E-state index is 12.4. The van der Waals surface area contributed by atoms with Crippen LogP contribution < -0.4 is 4.74 Å². The van der Waals surface area contributed by atoms with Crippen LogP contribution in [0.15, 0.2) is 21.5 Å². The molecule has 0 spiro atoms. The number of benzene rings is 1. The van der Waals surface area contributed by atoms with Crippen molar-refractivity contribution in [3.05, 3.63) is 22.2 Å². The second kappa shape index (κ2) is 6.45. The van der Waals surface area contributed by atoms with Gasteiger partial charge in [-0.1, -0.05) is 20.8 Å². The smallest absolute Gasteiger partial charge is 0.188 e. The highest BCUT2D eigenvalue weighted by Gasteiger charge is 2.25. The van der Waals surface area contributed by atoms with E-state index in [0.717, 1.165) is 5.56 Å². The Morgan fingerprint density at radius 2 is 1.85 bits per heavy atom. The largest absolute Gasteiger partial charge is 0.466 e. The molecule has 0 aliphatic rings. The van der Waals surface area contributed by atoms with E-state index < -0.39 is 9.84 Å². The van der Waals surface area contributed by atoms with Crippen LogP contribution in [-0.2, 0) is 14.6 Å². The van der Waals surface area contributed by atoms with Gasteiger partial charge in [-0.3, -0.25) is 0 Å². The van der Waals surface area contributed by atoms with Gasteiger partial charge in [0.05, 0.1) is 15.1 Å². The van der Waals surface area contributed by atoms with Crippen LogP contribution in [0.1, 0.15) is 26.3 Å². The number of halogens is 1. The Morgan fingerprint density at radius 1 is 1.25 bits per heavy atom. The van der Waals surface area contributed by atoms with Crippen LogP contribution in [0, 0.1) is 12.3 Å². The van der Waals surface area contributed by atoms with Gasteiger partial charge in [0.2, 0.25) is 0 Å². The minimum Gasteiger partial charge on any atom is -0.466 e. The first-order valence-electron chi connectivity index (χ1n) is 6.21. The predicted molar refractivity (Wildman–Crippen MR) is 82.9 cm³/mol. The van der Waals surface area contributed by atoms with Gasteiger partial charge in [-0.2, -0.15) is 0 Å². The summed E-state index contributed by atoms with van der Waals surface area (Å²) in [6.45, 7) is 7.65. The Labute approximate surface area is 129 Å². The lowest BCUT2D eigenvalue weighted by Crippen LogP contribution is -2.21. The van der Waals surface area contributed by atoms with Crippen molar-refractivity contribution < 1.29 is 17.9 Å². The van der Waals surface area contributed by atoms with Crippen LogP contribution in [0.25, 0.3) is 0 Å². The average molecular weight is 365 g/mol. The van der Waals surface area contributed by atoms with Crippen molar-refractivity contribution in [2.24, 2.45) is 5.41 Å². The summed E-state index contributed by atoms with van der Waals surface area (Å²) in [5, 5.41) is 0. The van der Waals surface area contributed by atoms with Crippen LogP contribution in [0.2, 0.25) is 0 Å². The molecule has 4 nitrogen and oxygen atoms in total. The summed E-state index contributed by atoms with van der Waals surface area (Å²) < 4.78 is 35.7. The van der Waals surface area contributed by atoms with Crippen molar-refractivity contribution in [2.75, 3.05) is 19.7 Å². The fourth-order valence-electron chi connectivity index (χ4n) is 1.83. The first-order chi connectivity index (χ1) is 9.07. The normalized spacial score (nSPS) is 12.5. The standard InChI is InChI=1S/C14H21BrO4S/c1-10-6-11(20(16,17)8-14(2,3)4)7-12(15)13(10)19-9-18-5/h6-7H,8-9H2,1-5H3. The number of aryl methyl sites for hydroxylation is 1. The van der Waals surface area contributed by atoms with Gasteiger partial charge in [-0.05, 0) is 46.0 Å². The predicted octanol–water partition coefficient (Wildman–Crippen LogP) is 3.56. The molecule has 0 aliphatic heterocycles. The maximum Gasteiger partial charge on any atom is 0.188 e. The molecule has 0 aromatic heterocycles. The summed E-state index contributed by atoms with van der Waals surface area (Å²) in [5.41, 5.74) is 0.466. The van der Waals surface area contributed by atoms with E-state index in [-0.39, 0.29) is 18.0 Å². The molecule has 0 heterocycles. The summed E-state index contributed by atoms with van der Waals surface area (Å²) in [4.78, 5) is 0.307. The number of methoxy groups -OCH3 is 1. The van der Waals surface area contributed by atoms with Crippen molar-refractivity contribution in [1.82, 2.24) is 0 Å². The van der Waals surface area contributed by atoms with Crippen molar-refractivity contribution in [3.63, 3.8) is 0 Å². The highest BCUT2D eigenvalue weighted by molar-refractivity contribution is 9.10. The first-order valence-corrected chi connectivity index (χ1v) is 8.66. The van der Waals surface area contributed by atoms with Crippen molar-refractivity contribution in [2.45, 2.75) is 32.6 Å². The van der Waals surface area contributed by atoms with Crippen LogP contribution in [0.5, 0.6) is 5.75 Å². The summed E-state index contributed by atoms with van der Waals surface area (Å²) >= 11 is 3.36. The Kier molecular flexibility index (Phi) is 5.63. The lowest BCUT2D eigenvalue weighted by atomic mass is 10.0. The summed E-state index contributed by atoms with van der Waals surface area (Å²) in [6.07, 6.45) is 0. The van der Waals surface area contributed by atoms with Crippen LogP contribution >= 0.6 is 15.9 Å². The van der Waals surface area contributed by atoms with Gasteiger partial charge in [-0.25, -0.2) is 8.42 Å². The summed E-state index contributed by atoms with van der Waals surface area (Å²) in [7, 11) is -1.78. The zero-order chi connectivity index (χ0) is 15.6. The SMILES string of the molecule is COCOc1c(C)cc(S(=O)(=O)CC(C)(C)C)cc1Br. The van der Waals surface area contributed by atoms with Crippen LogP contribution in [0.4, 0.5) is 0 Å². The van der Waals surface area contributed by atoms with Crippen LogP contribution in [-0.4, -0.2) is 28.1 Å². The number of hydrogen-bond acceptors (Lipinski definition) is 4. The lowest BCUT2D eigenvalue weighted by molar-refractivity contribution is 0.0500. The molecule has 0 N–H and O–H groups in total. The third-order valence-electron chi connectivity index (χ3n) is 2.51. The molecule has 114 valence electrons. The van der Waals surface area contributed by atoms with E-state index >= 15 is 0 Å². The zero-order valence-electron chi connectivity index (χ0n) is 12.5. The average Bonchev–Trinajstić information content (AvgIpc) is 2.24. The molecule has 1 rings (SSSR count). The van der Waals surface area contributed by atoms with Crippen LogP contribution in [0.3, 0.4) is 0 Å². The Morgan fingerprint density at radius 3 is 2.30 bits per heavy atom. The minimum absolute atomic E-state index is 0.101. The molecule has 0 amide bonds. The van der Waals surface area contributed by atoms with E-state index in [9.17, 15) is 8.42 Å². The van der Waals surface area contributed by atoms with E-state index in [4.69, 9.17) is 9.47 Å². The first kappa shape index (κ1) is 17.5. The third-order valence-corrected chi connectivity index (χ3v) is 5.30. The molecule has 0 saturated carbocycles. The maximum absolute atomic E-state index is 12.4. The van der Waals surface area contributed by atoms with Crippen molar-refractivity contribution in [3.8, 4) is 5.75 Å². The van der Waals surface area contributed by atoms with Gasteiger partial charge in [0.1, 0.15) is 5.75 Å². The molecular weight excluding hydrogens is 344 g/mol. The number of hydrogen-bond donors (Lipinski definition) is 0. The molecule has 0 saturated heterocycles. The number of sulfone groups is 1. The molecule has 0 atom stereocenters. The topological polar surface area (TPSA) is 52.6 Å². The summed E-state index contributed by atoms with van der Waals surface area (Å²) in [5.74, 6) is 0.700. The van der Waals surface area contributed by atoms with Gasteiger partial charge >= 0.3 is 0 Å². The molecular formula is C14H21BrO4S. The molecule has 20 heavy (non-hydrogen) atoms. The van der Waals surface area contributed by atoms with Gasteiger partial charge in [0.15, 0.2) is 16.6 Å². The zero-order valence-corrected chi connectivity index (χ0v) is 14.9. The second-order valence-electron chi connectivity index (χ2n) is 5.92. The molecule has 1 aromatic carbocycles. The van der Waals surface area contributed by atoms with E-state index in [1.54, 1.807) is 12.1 Å². The van der Waals surface area contributed by atoms with Gasteiger partial charge < -0.3 is 9.47 Å². The van der Waals surface area contributed by atoms with E-state index in [2.05, 4.69) is 15.9 Å². The van der Waals surface area contributed by atoms with Crippen molar-refractivity contribution in [1.29, 1.82) is 0 Å². The van der Waals surface area contributed by atoms with E-state index in [1.165, 1.54) is 7.11 Å².